The highest BCUT2D eigenvalue weighted by Crippen LogP contribution is 2.28. The van der Waals surface area contributed by atoms with Crippen LogP contribution in [0.3, 0.4) is 0 Å². The molecule has 0 aliphatic carbocycles. The lowest BCUT2D eigenvalue weighted by atomic mass is 10.1. The molecule has 0 saturated carbocycles. The lowest BCUT2D eigenvalue weighted by molar-refractivity contribution is -0.126. The van der Waals surface area contributed by atoms with Gasteiger partial charge in [-0.1, -0.05) is 13.0 Å². The van der Waals surface area contributed by atoms with Crippen LogP contribution >= 0.6 is 0 Å². The Morgan fingerprint density at radius 1 is 1.21 bits per heavy atom. The highest BCUT2D eigenvalue weighted by molar-refractivity contribution is 5.92. The van der Waals surface area contributed by atoms with E-state index >= 15 is 0 Å². The van der Waals surface area contributed by atoms with Gasteiger partial charge >= 0.3 is 0 Å². The van der Waals surface area contributed by atoms with Gasteiger partial charge in [-0.25, -0.2) is 0 Å². The maximum absolute atomic E-state index is 12.9. The van der Waals surface area contributed by atoms with Crippen LogP contribution in [0.1, 0.15) is 25.3 Å². The molecule has 1 amide bonds. The molecule has 0 aromatic heterocycles. The van der Waals surface area contributed by atoms with Crippen LogP contribution in [0.2, 0.25) is 0 Å². The summed E-state index contributed by atoms with van der Waals surface area (Å²) in [5.41, 5.74) is 0.912. The molecule has 0 N–H and O–H groups in total. The number of benzene rings is 1. The number of methoxy groups -OCH3 is 2. The van der Waals surface area contributed by atoms with Crippen LogP contribution in [-0.2, 0) is 4.79 Å². The molecule has 1 heterocycles. The summed E-state index contributed by atoms with van der Waals surface area (Å²) < 4.78 is 10.6. The first-order chi connectivity index (χ1) is 13.5. The first-order valence-electron chi connectivity index (χ1n) is 10.1. The summed E-state index contributed by atoms with van der Waals surface area (Å²) in [5, 5.41) is 0. The largest absolute Gasteiger partial charge is 0.493 e. The Morgan fingerprint density at radius 3 is 2.61 bits per heavy atom. The van der Waals surface area contributed by atoms with Crippen molar-refractivity contribution in [3.05, 3.63) is 29.8 Å². The molecule has 1 aliphatic rings. The smallest absolute Gasteiger partial charge is 0.246 e. The van der Waals surface area contributed by atoms with Gasteiger partial charge in [0.15, 0.2) is 11.5 Å². The molecule has 1 atom stereocenters. The van der Waals surface area contributed by atoms with Crippen molar-refractivity contribution in [1.29, 1.82) is 0 Å². The van der Waals surface area contributed by atoms with Crippen molar-refractivity contribution >= 4 is 12.0 Å². The Bertz CT molecular complexity index is 660. The highest BCUT2D eigenvalue weighted by Gasteiger charge is 2.26. The molecule has 2 rings (SSSR count). The van der Waals surface area contributed by atoms with Crippen molar-refractivity contribution in [3.8, 4) is 11.5 Å². The standard InChI is InChI=1S/C22H35N3O3/c1-6-24-13-7-8-19(24)17-25(15-14-23(2)3)22(26)12-10-18-9-11-20(27-4)21(16-18)28-5/h9-12,16,19H,6-8,13-15,17H2,1-5H3/b12-10-/t19-/m1/s1. The maximum Gasteiger partial charge on any atom is 0.246 e. The van der Waals surface area contributed by atoms with E-state index in [0.29, 0.717) is 17.5 Å². The van der Waals surface area contributed by atoms with Gasteiger partial charge in [0.1, 0.15) is 0 Å². The van der Waals surface area contributed by atoms with E-state index in [4.69, 9.17) is 9.47 Å². The summed E-state index contributed by atoms with van der Waals surface area (Å²) in [6, 6.07) is 6.11. The average molecular weight is 390 g/mol. The van der Waals surface area contributed by atoms with Crippen molar-refractivity contribution < 1.29 is 14.3 Å². The van der Waals surface area contributed by atoms with Gasteiger partial charge < -0.3 is 19.3 Å². The zero-order valence-electron chi connectivity index (χ0n) is 18.0. The molecule has 6 nitrogen and oxygen atoms in total. The summed E-state index contributed by atoms with van der Waals surface area (Å²) >= 11 is 0. The zero-order valence-corrected chi connectivity index (χ0v) is 18.0. The Morgan fingerprint density at radius 2 is 1.96 bits per heavy atom. The third-order valence-corrected chi connectivity index (χ3v) is 5.29. The number of likely N-dealkylation sites (tertiary alicyclic amines) is 1. The van der Waals surface area contributed by atoms with E-state index in [0.717, 1.165) is 38.3 Å². The summed E-state index contributed by atoms with van der Waals surface area (Å²) in [7, 11) is 7.30. The average Bonchev–Trinajstić information content (AvgIpc) is 3.15. The number of ether oxygens (including phenoxy) is 2. The molecule has 1 fully saturated rings. The van der Waals surface area contributed by atoms with Crippen LogP contribution < -0.4 is 9.47 Å². The van der Waals surface area contributed by atoms with Crippen molar-refractivity contribution in [2.75, 3.05) is 61.0 Å². The second-order valence-corrected chi connectivity index (χ2v) is 7.46. The monoisotopic (exact) mass is 389 g/mol. The van der Waals surface area contributed by atoms with Gasteiger partial charge in [0, 0.05) is 31.8 Å². The number of nitrogens with zero attached hydrogens (tertiary/aromatic N) is 3. The van der Waals surface area contributed by atoms with Crippen LogP contribution in [0, 0.1) is 0 Å². The van der Waals surface area contributed by atoms with Gasteiger partial charge in [0.05, 0.1) is 14.2 Å². The quantitative estimate of drug-likeness (QED) is 0.576. The van der Waals surface area contributed by atoms with Crippen LogP contribution in [0.5, 0.6) is 11.5 Å². The Kier molecular flexibility index (Phi) is 8.80. The van der Waals surface area contributed by atoms with Gasteiger partial charge in [0.2, 0.25) is 5.91 Å². The number of hydrogen-bond donors (Lipinski definition) is 0. The second-order valence-electron chi connectivity index (χ2n) is 7.46. The molecule has 0 spiro atoms. The van der Waals surface area contributed by atoms with Crippen LogP contribution in [0.15, 0.2) is 24.3 Å². The third-order valence-electron chi connectivity index (χ3n) is 5.29. The predicted molar refractivity (Wildman–Crippen MR) is 114 cm³/mol. The molecule has 0 radical (unpaired) electrons. The Labute approximate surface area is 169 Å². The normalized spacial score (nSPS) is 17.4. The van der Waals surface area contributed by atoms with Crippen molar-refractivity contribution in [3.63, 3.8) is 0 Å². The van der Waals surface area contributed by atoms with Crippen molar-refractivity contribution in [2.45, 2.75) is 25.8 Å². The molecule has 28 heavy (non-hydrogen) atoms. The summed E-state index contributed by atoms with van der Waals surface area (Å²) in [4.78, 5) is 19.5. The molecular formula is C22H35N3O3. The first-order valence-corrected chi connectivity index (χ1v) is 10.1. The SMILES string of the molecule is CCN1CCC[C@@H]1CN(CCN(C)C)C(=O)/C=C\c1ccc(OC)c(OC)c1. The van der Waals surface area contributed by atoms with E-state index in [1.165, 1.54) is 12.8 Å². The molecule has 1 aromatic carbocycles. The first kappa shape index (κ1) is 22.2. The fourth-order valence-electron chi connectivity index (χ4n) is 3.61. The van der Waals surface area contributed by atoms with Crippen LogP contribution in [0.25, 0.3) is 6.08 Å². The minimum Gasteiger partial charge on any atom is -0.493 e. The zero-order chi connectivity index (χ0) is 20.5. The summed E-state index contributed by atoms with van der Waals surface area (Å²) in [6.07, 6.45) is 5.90. The van der Waals surface area contributed by atoms with E-state index in [-0.39, 0.29) is 5.91 Å². The van der Waals surface area contributed by atoms with Crippen LogP contribution in [-0.4, -0.2) is 87.7 Å². The van der Waals surface area contributed by atoms with Gasteiger partial charge in [-0.05, 0) is 63.8 Å². The van der Waals surface area contributed by atoms with Gasteiger partial charge in [-0.3, -0.25) is 9.69 Å². The molecule has 156 valence electrons. The molecule has 0 unspecified atom stereocenters. The van der Waals surface area contributed by atoms with Crippen molar-refractivity contribution in [2.24, 2.45) is 0 Å². The fraction of sp³-hybridized carbons (Fsp3) is 0.591. The lowest BCUT2D eigenvalue weighted by Gasteiger charge is -2.30. The Hall–Kier alpha value is -2.05. The van der Waals surface area contributed by atoms with E-state index in [1.807, 2.05) is 43.3 Å². The molecule has 1 saturated heterocycles. The fourth-order valence-corrected chi connectivity index (χ4v) is 3.61. The van der Waals surface area contributed by atoms with E-state index in [1.54, 1.807) is 20.3 Å². The minimum absolute atomic E-state index is 0.0552. The number of amides is 1. The molecule has 0 bridgehead atoms. The number of likely N-dealkylation sites (N-methyl/N-ethyl adjacent to an activating group) is 2. The third kappa shape index (κ3) is 6.24. The topological polar surface area (TPSA) is 45.2 Å². The Balaban J connectivity index is 2.09. The number of carbonyl (C=O) groups excluding carboxylic acids is 1. The minimum atomic E-state index is 0.0552. The van der Waals surface area contributed by atoms with E-state index < -0.39 is 0 Å². The molecule has 1 aromatic rings. The van der Waals surface area contributed by atoms with E-state index in [9.17, 15) is 4.79 Å². The molecule has 1 aliphatic heterocycles. The second kappa shape index (κ2) is 11.1. The van der Waals surface area contributed by atoms with Gasteiger partial charge in [0.25, 0.3) is 0 Å². The van der Waals surface area contributed by atoms with Gasteiger partial charge in [-0.2, -0.15) is 0 Å². The molecular weight excluding hydrogens is 354 g/mol. The summed E-state index contributed by atoms with van der Waals surface area (Å²) in [5.74, 6) is 1.39. The van der Waals surface area contributed by atoms with Crippen molar-refractivity contribution in [1.82, 2.24) is 14.7 Å². The number of hydrogen-bond acceptors (Lipinski definition) is 5. The highest BCUT2D eigenvalue weighted by atomic mass is 16.5. The molecule has 6 heteroatoms. The van der Waals surface area contributed by atoms with Crippen LogP contribution in [0.4, 0.5) is 0 Å². The summed E-state index contributed by atoms with van der Waals surface area (Å²) in [6.45, 7) is 6.75. The number of carbonyl (C=O) groups is 1. The van der Waals surface area contributed by atoms with Gasteiger partial charge in [-0.15, -0.1) is 0 Å². The maximum atomic E-state index is 12.9. The van der Waals surface area contributed by atoms with E-state index in [2.05, 4.69) is 16.7 Å². The predicted octanol–water partition coefficient (Wildman–Crippen LogP) is 2.59. The number of rotatable bonds is 10. The lowest BCUT2D eigenvalue weighted by Crippen LogP contribution is -2.44.